The summed E-state index contributed by atoms with van der Waals surface area (Å²) in [4.78, 5) is 1.04. The lowest BCUT2D eigenvalue weighted by Crippen LogP contribution is -2.32. The Hall–Kier alpha value is -0.730. The number of alkyl halides is 3. The van der Waals surface area contributed by atoms with E-state index in [-0.39, 0.29) is 16.7 Å². The number of sulfone groups is 1. The van der Waals surface area contributed by atoms with Gasteiger partial charge >= 0.3 is 6.18 Å². The molecule has 20 heavy (non-hydrogen) atoms. The van der Waals surface area contributed by atoms with E-state index in [1.165, 1.54) is 23.9 Å². The number of benzene rings is 1. The number of hydrogen-bond acceptors (Lipinski definition) is 4. The van der Waals surface area contributed by atoms with Crippen LogP contribution in [0.4, 0.5) is 13.2 Å². The van der Waals surface area contributed by atoms with Crippen molar-refractivity contribution in [1.29, 1.82) is 0 Å². The van der Waals surface area contributed by atoms with Crippen LogP contribution >= 0.6 is 11.8 Å². The van der Waals surface area contributed by atoms with Crippen molar-refractivity contribution in [2.45, 2.75) is 28.1 Å². The average molecular weight is 327 g/mol. The van der Waals surface area contributed by atoms with Crippen molar-refractivity contribution in [3.05, 3.63) is 24.3 Å². The average Bonchev–Trinajstić information content (AvgIpc) is 2.26. The SMILES string of the molecule is CC(CNCC(F)(F)F)Sc1ccc(S(C)(=O)=O)cc1. The number of nitrogens with one attached hydrogen (secondary N) is 1. The summed E-state index contributed by atoms with van der Waals surface area (Å²) in [5.74, 6) is 0. The topological polar surface area (TPSA) is 46.2 Å². The molecule has 0 bridgehead atoms. The van der Waals surface area contributed by atoms with Gasteiger partial charge in [-0.3, -0.25) is 0 Å². The second kappa shape index (κ2) is 6.82. The lowest BCUT2D eigenvalue weighted by atomic mass is 10.4. The Morgan fingerprint density at radius 2 is 1.80 bits per heavy atom. The first-order valence-corrected chi connectivity index (χ1v) is 8.59. The van der Waals surface area contributed by atoms with Gasteiger partial charge in [-0.05, 0) is 24.3 Å². The molecule has 114 valence electrons. The van der Waals surface area contributed by atoms with Gasteiger partial charge in [-0.1, -0.05) is 6.92 Å². The van der Waals surface area contributed by atoms with Gasteiger partial charge in [0.25, 0.3) is 0 Å². The summed E-state index contributed by atoms with van der Waals surface area (Å²) in [6, 6.07) is 6.30. The van der Waals surface area contributed by atoms with E-state index in [9.17, 15) is 21.6 Å². The molecule has 0 fully saturated rings. The van der Waals surface area contributed by atoms with Crippen LogP contribution in [-0.2, 0) is 9.84 Å². The molecule has 0 radical (unpaired) electrons. The molecule has 1 atom stereocenters. The van der Waals surface area contributed by atoms with E-state index in [1.54, 1.807) is 19.1 Å². The molecule has 0 aliphatic heterocycles. The quantitative estimate of drug-likeness (QED) is 0.816. The maximum Gasteiger partial charge on any atom is 0.401 e. The van der Waals surface area contributed by atoms with Gasteiger partial charge in [0.05, 0.1) is 11.4 Å². The van der Waals surface area contributed by atoms with Gasteiger partial charge in [-0.25, -0.2) is 8.42 Å². The van der Waals surface area contributed by atoms with E-state index in [4.69, 9.17) is 0 Å². The number of rotatable bonds is 6. The monoisotopic (exact) mass is 327 g/mol. The molecule has 0 aliphatic carbocycles. The third-order valence-corrected chi connectivity index (χ3v) is 4.59. The molecule has 1 rings (SSSR count). The van der Waals surface area contributed by atoms with Crippen LogP contribution in [0.3, 0.4) is 0 Å². The Kier molecular flexibility index (Phi) is 5.91. The predicted molar refractivity (Wildman–Crippen MR) is 73.8 cm³/mol. The molecule has 0 heterocycles. The second-order valence-electron chi connectivity index (χ2n) is 4.42. The van der Waals surface area contributed by atoms with E-state index in [1.807, 2.05) is 0 Å². The molecule has 0 aromatic heterocycles. The minimum atomic E-state index is -4.21. The molecule has 0 saturated heterocycles. The summed E-state index contributed by atoms with van der Waals surface area (Å²) in [6.45, 7) is 1.02. The molecule has 1 unspecified atom stereocenters. The summed E-state index contributed by atoms with van der Waals surface area (Å²) in [7, 11) is -3.23. The molecule has 0 saturated carbocycles. The van der Waals surface area contributed by atoms with Crippen molar-refractivity contribution in [3.63, 3.8) is 0 Å². The fourth-order valence-corrected chi connectivity index (χ4v) is 3.05. The summed E-state index contributed by atoms with van der Waals surface area (Å²) < 4.78 is 58.4. The van der Waals surface area contributed by atoms with E-state index < -0.39 is 22.6 Å². The highest BCUT2D eigenvalue weighted by molar-refractivity contribution is 8.00. The first-order chi connectivity index (χ1) is 9.08. The zero-order valence-corrected chi connectivity index (χ0v) is 12.7. The van der Waals surface area contributed by atoms with Crippen molar-refractivity contribution >= 4 is 21.6 Å². The number of hydrogen-bond donors (Lipinski definition) is 1. The van der Waals surface area contributed by atoms with Gasteiger partial charge in [-0.15, -0.1) is 11.8 Å². The van der Waals surface area contributed by atoms with Gasteiger partial charge in [0, 0.05) is 22.9 Å². The van der Waals surface area contributed by atoms with E-state index in [2.05, 4.69) is 5.32 Å². The Morgan fingerprint density at radius 3 is 2.25 bits per heavy atom. The van der Waals surface area contributed by atoms with Crippen LogP contribution in [0.5, 0.6) is 0 Å². The Labute approximate surface area is 120 Å². The molecular weight excluding hydrogens is 311 g/mol. The van der Waals surface area contributed by atoms with Crippen molar-refractivity contribution in [3.8, 4) is 0 Å². The van der Waals surface area contributed by atoms with Gasteiger partial charge in [0.1, 0.15) is 0 Å². The van der Waals surface area contributed by atoms with Crippen LogP contribution < -0.4 is 5.32 Å². The molecule has 1 aromatic carbocycles. The Balaban J connectivity index is 2.48. The van der Waals surface area contributed by atoms with E-state index in [0.29, 0.717) is 0 Å². The minimum absolute atomic E-state index is 0.0542. The zero-order valence-electron chi connectivity index (χ0n) is 11.1. The molecule has 0 spiro atoms. The van der Waals surface area contributed by atoms with Gasteiger partial charge < -0.3 is 5.32 Å². The molecule has 1 aromatic rings. The highest BCUT2D eigenvalue weighted by atomic mass is 32.2. The van der Waals surface area contributed by atoms with Crippen LogP contribution in [-0.4, -0.2) is 39.2 Å². The first-order valence-electron chi connectivity index (χ1n) is 5.82. The molecular formula is C12H16F3NO2S2. The minimum Gasteiger partial charge on any atom is -0.308 e. The molecule has 0 aliphatic rings. The standard InChI is InChI=1S/C12H16F3NO2S2/c1-9(7-16-8-12(13,14)15)19-10-3-5-11(6-4-10)20(2,17)18/h3-6,9,16H,7-8H2,1-2H3. The zero-order chi connectivity index (χ0) is 15.4. The number of thioether (sulfide) groups is 1. The normalized spacial score (nSPS) is 14.2. The lowest BCUT2D eigenvalue weighted by Gasteiger charge is -2.13. The van der Waals surface area contributed by atoms with Crippen LogP contribution in [0, 0.1) is 0 Å². The molecule has 1 N–H and O–H groups in total. The largest absolute Gasteiger partial charge is 0.401 e. The highest BCUT2D eigenvalue weighted by Gasteiger charge is 2.26. The maximum absolute atomic E-state index is 12.0. The predicted octanol–water partition coefficient (Wildman–Crippen LogP) is 2.72. The molecule has 8 heteroatoms. The summed E-state index contributed by atoms with van der Waals surface area (Å²) in [5, 5.41) is 2.29. The third kappa shape index (κ3) is 6.62. The summed E-state index contributed by atoms with van der Waals surface area (Å²) in [5.41, 5.74) is 0. The number of halogens is 3. The van der Waals surface area contributed by atoms with Crippen LogP contribution in [0.1, 0.15) is 6.92 Å². The lowest BCUT2D eigenvalue weighted by molar-refractivity contribution is -0.124. The fourth-order valence-electron chi connectivity index (χ4n) is 1.46. The van der Waals surface area contributed by atoms with Gasteiger partial charge in [-0.2, -0.15) is 13.2 Å². The highest BCUT2D eigenvalue weighted by Crippen LogP contribution is 2.24. The Morgan fingerprint density at radius 1 is 1.25 bits per heavy atom. The third-order valence-electron chi connectivity index (χ3n) is 2.35. The Bertz CT molecular complexity index is 527. The summed E-state index contributed by atoms with van der Waals surface area (Å²) in [6.07, 6.45) is -3.08. The van der Waals surface area contributed by atoms with Crippen molar-refractivity contribution < 1.29 is 21.6 Å². The second-order valence-corrected chi connectivity index (χ2v) is 7.95. The maximum atomic E-state index is 12.0. The first kappa shape index (κ1) is 17.3. The van der Waals surface area contributed by atoms with Gasteiger partial charge in [0.2, 0.25) is 0 Å². The van der Waals surface area contributed by atoms with Gasteiger partial charge in [0.15, 0.2) is 9.84 Å². The van der Waals surface area contributed by atoms with Crippen molar-refractivity contribution in [2.24, 2.45) is 0 Å². The van der Waals surface area contributed by atoms with Crippen LogP contribution in [0.2, 0.25) is 0 Å². The van der Waals surface area contributed by atoms with Crippen LogP contribution in [0.15, 0.2) is 34.1 Å². The smallest absolute Gasteiger partial charge is 0.308 e. The molecule has 0 amide bonds. The van der Waals surface area contributed by atoms with E-state index in [0.717, 1.165) is 11.2 Å². The van der Waals surface area contributed by atoms with E-state index >= 15 is 0 Å². The summed E-state index contributed by atoms with van der Waals surface area (Å²) >= 11 is 1.39. The van der Waals surface area contributed by atoms with Crippen molar-refractivity contribution in [1.82, 2.24) is 5.32 Å². The molecule has 3 nitrogen and oxygen atoms in total. The van der Waals surface area contributed by atoms with Crippen molar-refractivity contribution in [2.75, 3.05) is 19.3 Å². The van der Waals surface area contributed by atoms with Crippen LogP contribution in [0.25, 0.3) is 0 Å². The fraction of sp³-hybridized carbons (Fsp3) is 0.500.